The average molecular weight is 302 g/mol. The normalized spacial score (nSPS) is 14.0. The smallest absolute Gasteiger partial charge is 0.224 e. The number of hydrogen-bond acceptors (Lipinski definition) is 3. The summed E-state index contributed by atoms with van der Waals surface area (Å²) in [5, 5.41) is 3.56. The van der Waals surface area contributed by atoms with E-state index in [2.05, 4.69) is 15.3 Å². The van der Waals surface area contributed by atoms with Crippen molar-refractivity contribution in [3.8, 4) is 0 Å². The number of hydrogen-bond donors (Lipinski definition) is 1. The van der Waals surface area contributed by atoms with Gasteiger partial charge in [0.2, 0.25) is 5.91 Å². The Morgan fingerprint density at radius 1 is 1.24 bits per heavy atom. The van der Waals surface area contributed by atoms with Crippen LogP contribution in [0.2, 0.25) is 5.02 Å². The molecule has 0 bridgehead atoms. The zero-order chi connectivity index (χ0) is 14.7. The van der Waals surface area contributed by atoms with Crippen molar-refractivity contribution in [3.05, 3.63) is 58.6 Å². The molecule has 1 aromatic carbocycles. The molecule has 0 radical (unpaired) electrons. The predicted molar refractivity (Wildman–Crippen MR) is 81.0 cm³/mol. The first kappa shape index (κ1) is 14.0. The number of halogens is 1. The van der Waals surface area contributed by atoms with E-state index in [0.29, 0.717) is 23.9 Å². The SMILES string of the molecule is O=C(Cc1ccc(Cl)cc1)NCc1cc(C2CC2)ncn1. The summed E-state index contributed by atoms with van der Waals surface area (Å²) in [5.41, 5.74) is 2.89. The Hall–Kier alpha value is -1.94. The first-order chi connectivity index (χ1) is 10.2. The first-order valence-corrected chi connectivity index (χ1v) is 7.40. The quantitative estimate of drug-likeness (QED) is 0.924. The number of amides is 1. The zero-order valence-corrected chi connectivity index (χ0v) is 12.3. The third kappa shape index (κ3) is 4.02. The van der Waals surface area contributed by atoms with Crippen molar-refractivity contribution in [2.75, 3.05) is 0 Å². The summed E-state index contributed by atoms with van der Waals surface area (Å²) in [6.07, 6.45) is 4.34. The Labute approximate surface area is 128 Å². The fourth-order valence-electron chi connectivity index (χ4n) is 2.15. The molecule has 1 amide bonds. The summed E-state index contributed by atoms with van der Waals surface area (Å²) >= 11 is 5.82. The van der Waals surface area contributed by atoms with Gasteiger partial charge in [-0.2, -0.15) is 0 Å². The van der Waals surface area contributed by atoms with Crippen LogP contribution in [0.15, 0.2) is 36.7 Å². The molecule has 5 heteroatoms. The van der Waals surface area contributed by atoms with E-state index in [0.717, 1.165) is 17.0 Å². The fraction of sp³-hybridized carbons (Fsp3) is 0.312. The van der Waals surface area contributed by atoms with Gasteiger partial charge < -0.3 is 5.32 Å². The van der Waals surface area contributed by atoms with Crippen molar-refractivity contribution in [2.45, 2.75) is 31.7 Å². The number of benzene rings is 1. The third-order valence-corrected chi connectivity index (χ3v) is 3.74. The number of carbonyl (C=O) groups is 1. The van der Waals surface area contributed by atoms with Crippen LogP contribution in [-0.2, 0) is 17.8 Å². The molecular formula is C16H16ClN3O. The molecule has 1 N–H and O–H groups in total. The molecule has 0 aliphatic heterocycles. The van der Waals surface area contributed by atoms with Gasteiger partial charge in [0.05, 0.1) is 18.7 Å². The maximum atomic E-state index is 11.9. The van der Waals surface area contributed by atoms with Crippen LogP contribution in [-0.4, -0.2) is 15.9 Å². The summed E-state index contributed by atoms with van der Waals surface area (Å²) in [6.45, 7) is 0.439. The molecule has 1 heterocycles. The standard InChI is InChI=1S/C16H16ClN3O/c17-13-5-1-11(2-6-13)7-16(21)18-9-14-8-15(12-3-4-12)20-10-19-14/h1-2,5-6,8,10,12H,3-4,7,9H2,(H,18,21). The summed E-state index contributed by atoms with van der Waals surface area (Å²) in [5.74, 6) is 0.570. The summed E-state index contributed by atoms with van der Waals surface area (Å²) in [6, 6.07) is 9.28. The van der Waals surface area contributed by atoms with E-state index < -0.39 is 0 Å². The first-order valence-electron chi connectivity index (χ1n) is 7.02. The van der Waals surface area contributed by atoms with Gasteiger partial charge in [-0.05, 0) is 36.6 Å². The predicted octanol–water partition coefficient (Wildman–Crippen LogP) is 2.87. The Morgan fingerprint density at radius 2 is 2.00 bits per heavy atom. The Kier molecular flexibility index (Phi) is 4.15. The monoisotopic (exact) mass is 301 g/mol. The lowest BCUT2D eigenvalue weighted by Crippen LogP contribution is -2.25. The van der Waals surface area contributed by atoms with E-state index in [1.165, 1.54) is 12.8 Å². The van der Waals surface area contributed by atoms with Crippen molar-refractivity contribution in [2.24, 2.45) is 0 Å². The van der Waals surface area contributed by atoms with Gasteiger partial charge in [-0.15, -0.1) is 0 Å². The Balaban J connectivity index is 1.53. The van der Waals surface area contributed by atoms with Crippen LogP contribution in [0.1, 0.15) is 35.7 Å². The van der Waals surface area contributed by atoms with E-state index >= 15 is 0 Å². The van der Waals surface area contributed by atoms with E-state index in [1.54, 1.807) is 18.5 Å². The lowest BCUT2D eigenvalue weighted by Gasteiger charge is -2.06. The van der Waals surface area contributed by atoms with Crippen LogP contribution in [0.4, 0.5) is 0 Å². The highest BCUT2D eigenvalue weighted by atomic mass is 35.5. The third-order valence-electron chi connectivity index (χ3n) is 3.49. The molecule has 21 heavy (non-hydrogen) atoms. The molecule has 4 nitrogen and oxygen atoms in total. The van der Waals surface area contributed by atoms with E-state index in [9.17, 15) is 4.79 Å². The van der Waals surface area contributed by atoms with Crippen molar-refractivity contribution in [1.82, 2.24) is 15.3 Å². The van der Waals surface area contributed by atoms with Gasteiger partial charge in [0, 0.05) is 16.6 Å². The van der Waals surface area contributed by atoms with Crippen LogP contribution in [0.3, 0.4) is 0 Å². The molecular weight excluding hydrogens is 286 g/mol. The van der Waals surface area contributed by atoms with Crippen LogP contribution < -0.4 is 5.32 Å². The Morgan fingerprint density at radius 3 is 2.71 bits per heavy atom. The molecule has 0 saturated heterocycles. The van der Waals surface area contributed by atoms with Crippen LogP contribution in [0, 0.1) is 0 Å². The molecule has 0 unspecified atom stereocenters. The maximum absolute atomic E-state index is 11.9. The van der Waals surface area contributed by atoms with Gasteiger partial charge in [-0.25, -0.2) is 9.97 Å². The minimum Gasteiger partial charge on any atom is -0.350 e. The number of aromatic nitrogens is 2. The number of nitrogens with one attached hydrogen (secondary N) is 1. The molecule has 3 rings (SSSR count). The summed E-state index contributed by atoms with van der Waals surface area (Å²) < 4.78 is 0. The molecule has 0 spiro atoms. The molecule has 1 aromatic heterocycles. The molecule has 1 fully saturated rings. The minimum atomic E-state index is -0.0242. The van der Waals surface area contributed by atoms with E-state index in [-0.39, 0.29) is 5.91 Å². The zero-order valence-electron chi connectivity index (χ0n) is 11.6. The van der Waals surface area contributed by atoms with Gasteiger partial charge in [-0.3, -0.25) is 4.79 Å². The van der Waals surface area contributed by atoms with Crippen molar-refractivity contribution < 1.29 is 4.79 Å². The van der Waals surface area contributed by atoms with Crippen molar-refractivity contribution >= 4 is 17.5 Å². The second kappa shape index (κ2) is 6.22. The summed E-state index contributed by atoms with van der Waals surface area (Å²) in [4.78, 5) is 20.4. The van der Waals surface area contributed by atoms with Gasteiger partial charge >= 0.3 is 0 Å². The van der Waals surface area contributed by atoms with Gasteiger partial charge in [0.15, 0.2) is 0 Å². The summed E-state index contributed by atoms with van der Waals surface area (Å²) in [7, 11) is 0. The molecule has 1 aliphatic rings. The Bertz CT molecular complexity index is 638. The fourth-order valence-corrected chi connectivity index (χ4v) is 2.28. The molecule has 2 aromatic rings. The van der Waals surface area contributed by atoms with Gasteiger partial charge in [0.25, 0.3) is 0 Å². The van der Waals surface area contributed by atoms with E-state index in [4.69, 9.17) is 11.6 Å². The van der Waals surface area contributed by atoms with Crippen LogP contribution >= 0.6 is 11.6 Å². The largest absolute Gasteiger partial charge is 0.350 e. The molecule has 1 aliphatic carbocycles. The minimum absolute atomic E-state index is 0.0242. The van der Waals surface area contributed by atoms with Crippen LogP contribution in [0.25, 0.3) is 0 Å². The second-order valence-electron chi connectivity index (χ2n) is 5.29. The highest BCUT2D eigenvalue weighted by molar-refractivity contribution is 6.30. The highest BCUT2D eigenvalue weighted by Crippen LogP contribution is 2.38. The number of carbonyl (C=O) groups excluding carboxylic acids is 1. The lowest BCUT2D eigenvalue weighted by molar-refractivity contribution is -0.120. The van der Waals surface area contributed by atoms with Gasteiger partial charge in [0.1, 0.15) is 6.33 Å². The topological polar surface area (TPSA) is 54.9 Å². The highest BCUT2D eigenvalue weighted by Gasteiger charge is 2.25. The van der Waals surface area contributed by atoms with Crippen molar-refractivity contribution in [1.29, 1.82) is 0 Å². The average Bonchev–Trinajstić information content (AvgIpc) is 3.33. The van der Waals surface area contributed by atoms with Crippen LogP contribution in [0.5, 0.6) is 0 Å². The molecule has 1 saturated carbocycles. The second-order valence-corrected chi connectivity index (χ2v) is 5.72. The molecule has 0 atom stereocenters. The van der Waals surface area contributed by atoms with Gasteiger partial charge in [-0.1, -0.05) is 23.7 Å². The van der Waals surface area contributed by atoms with Crippen molar-refractivity contribution in [3.63, 3.8) is 0 Å². The maximum Gasteiger partial charge on any atom is 0.224 e. The number of rotatable bonds is 5. The number of nitrogens with zero attached hydrogens (tertiary/aromatic N) is 2. The lowest BCUT2D eigenvalue weighted by atomic mass is 10.1. The molecule has 108 valence electrons. The van der Waals surface area contributed by atoms with E-state index in [1.807, 2.05) is 18.2 Å².